The van der Waals surface area contributed by atoms with Crippen molar-refractivity contribution in [3.8, 4) is 0 Å². The molecule has 0 aliphatic rings. The fourth-order valence-electron chi connectivity index (χ4n) is 1.04. The fourth-order valence-corrected chi connectivity index (χ4v) is 1.62. The summed E-state index contributed by atoms with van der Waals surface area (Å²) in [4.78, 5) is 10.2. The molecule has 1 aromatic carbocycles. The van der Waals surface area contributed by atoms with E-state index in [4.69, 9.17) is 23.2 Å². The van der Waals surface area contributed by atoms with Crippen LogP contribution in [0.2, 0.25) is 10.0 Å². The van der Waals surface area contributed by atoms with Crippen LogP contribution in [-0.4, -0.2) is 6.41 Å². The highest BCUT2D eigenvalue weighted by atomic mass is 35.5. The second-order valence-corrected chi connectivity index (χ2v) is 3.52. The van der Waals surface area contributed by atoms with Crippen molar-refractivity contribution in [2.75, 3.05) is 0 Å². The number of carbonyl (C=O) groups is 1. The van der Waals surface area contributed by atoms with Crippen LogP contribution in [0.4, 0.5) is 0 Å². The van der Waals surface area contributed by atoms with Crippen molar-refractivity contribution in [3.05, 3.63) is 33.8 Å². The van der Waals surface area contributed by atoms with Gasteiger partial charge in [-0.2, -0.15) is 0 Å². The highest BCUT2D eigenvalue weighted by molar-refractivity contribution is 6.35. The maximum Gasteiger partial charge on any atom is 0.207 e. The van der Waals surface area contributed by atoms with Crippen LogP contribution in [0.25, 0.3) is 0 Å². The quantitative estimate of drug-likeness (QED) is 0.776. The summed E-state index contributed by atoms with van der Waals surface area (Å²) in [6.07, 6.45) is 0.648. The first kappa shape index (κ1) is 10.4. The zero-order valence-corrected chi connectivity index (χ0v) is 8.56. The molecule has 4 heteroatoms. The second kappa shape index (κ2) is 4.49. The first-order valence-electron chi connectivity index (χ1n) is 3.80. The largest absolute Gasteiger partial charge is 0.352 e. The van der Waals surface area contributed by atoms with Gasteiger partial charge in [0.1, 0.15) is 0 Å². The van der Waals surface area contributed by atoms with Gasteiger partial charge in [-0.25, -0.2) is 0 Å². The highest BCUT2D eigenvalue weighted by Crippen LogP contribution is 2.25. The molecule has 0 fully saturated rings. The third-order valence-corrected chi connectivity index (χ3v) is 2.31. The van der Waals surface area contributed by atoms with Crippen molar-refractivity contribution in [3.63, 3.8) is 0 Å². The van der Waals surface area contributed by atoms with Crippen LogP contribution < -0.4 is 5.32 Å². The van der Waals surface area contributed by atoms with Gasteiger partial charge in [-0.15, -0.1) is 0 Å². The molecule has 13 heavy (non-hydrogen) atoms. The van der Waals surface area contributed by atoms with Gasteiger partial charge in [-0.3, -0.25) is 4.79 Å². The molecule has 1 aromatic rings. The Labute approximate surface area is 86.8 Å². The Morgan fingerprint density at radius 3 is 2.69 bits per heavy atom. The summed E-state index contributed by atoms with van der Waals surface area (Å²) >= 11 is 11.6. The van der Waals surface area contributed by atoms with Crippen molar-refractivity contribution in [1.29, 1.82) is 0 Å². The molecular formula is C9H9Cl2NO. The Kier molecular flexibility index (Phi) is 3.58. The van der Waals surface area contributed by atoms with Gasteiger partial charge in [0.05, 0.1) is 6.04 Å². The van der Waals surface area contributed by atoms with Crippen molar-refractivity contribution in [1.82, 2.24) is 5.32 Å². The average molecular weight is 218 g/mol. The van der Waals surface area contributed by atoms with Crippen LogP contribution >= 0.6 is 23.2 Å². The highest BCUT2D eigenvalue weighted by Gasteiger charge is 2.08. The summed E-state index contributed by atoms with van der Waals surface area (Å²) in [7, 11) is 0. The predicted molar refractivity (Wildman–Crippen MR) is 54.1 cm³/mol. The lowest BCUT2D eigenvalue weighted by molar-refractivity contribution is -0.110. The molecule has 70 valence electrons. The van der Waals surface area contributed by atoms with E-state index in [0.29, 0.717) is 16.5 Å². The monoisotopic (exact) mass is 217 g/mol. The molecule has 0 aliphatic carbocycles. The van der Waals surface area contributed by atoms with E-state index < -0.39 is 0 Å². The first-order valence-corrected chi connectivity index (χ1v) is 4.55. The van der Waals surface area contributed by atoms with Gasteiger partial charge < -0.3 is 5.32 Å². The number of carbonyl (C=O) groups excluding carboxylic acids is 1. The zero-order valence-electron chi connectivity index (χ0n) is 7.05. The normalized spacial score (nSPS) is 12.2. The maximum absolute atomic E-state index is 10.2. The predicted octanol–water partition coefficient (Wildman–Crippen LogP) is 2.80. The number of hydrogen-bond acceptors (Lipinski definition) is 1. The van der Waals surface area contributed by atoms with Crippen molar-refractivity contribution in [2.24, 2.45) is 0 Å². The molecule has 1 rings (SSSR count). The van der Waals surface area contributed by atoms with Gasteiger partial charge in [0.15, 0.2) is 0 Å². The van der Waals surface area contributed by atoms with Crippen LogP contribution in [0.3, 0.4) is 0 Å². The summed E-state index contributed by atoms with van der Waals surface area (Å²) in [5.74, 6) is 0. The first-order chi connectivity index (χ1) is 6.15. The fraction of sp³-hybridized carbons (Fsp3) is 0.222. The molecule has 0 heterocycles. The summed E-state index contributed by atoms with van der Waals surface area (Å²) in [5.41, 5.74) is 0.859. The molecule has 1 atom stereocenters. The van der Waals surface area contributed by atoms with Gasteiger partial charge in [0.2, 0.25) is 6.41 Å². The Hall–Kier alpha value is -0.730. The van der Waals surface area contributed by atoms with E-state index in [2.05, 4.69) is 5.32 Å². The van der Waals surface area contributed by atoms with E-state index in [1.165, 1.54) is 0 Å². The summed E-state index contributed by atoms with van der Waals surface area (Å²) < 4.78 is 0. The number of nitrogens with one attached hydrogen (secondary N) is 1. The molecule has 0 saturated carbocycles. The summed E-state index contributed by atoms with van der Waals surface area (Å²) in [5, 5.41) is 3.77. The lowest BCUT2D eigenvalue weighted by Crippen LogP contribution is -2.16. The molecule has 1 N–H and O–H groups in total. The number of benzene rings is 1. The average Bonchev–Trinajstić information content (AvgIpc) is 2.04. The van der Waals surface area contributed by atoms with Gasteiger partial charge in [0, 0.05) is 10.0 Å². The Balaban J connectivity index is 2.94. The van der Waals surface area contributed by atoms with E-state index in [1.807, 2.05) is 6.92 Å². The Morgan fingerprint density at radius 1 is 1.46 bits per heavy atom. The van der Waals surface area contributed by atoms with E-state index in [9.17, 15) is 4.79 Å². The standard InChI is InChI=1S/C9H9Cl2NO/c1-6(12-5-13)8-3-2-7(10)4-9(8)11/h2-6H,1H3,(H,12,13)/t6-/m1/s1. The number of amides is 1. The molecule has 0 bridgehead atoms. The molecule has 0 aromatic heterocycles. The van der Waals surface area contributed by atoms with Crippen LogP contribution in [0, 0.1) is 0 Å². The third-order valence-electron chi connectivity index (χ3n) is 1.75. The maximum atomic E-state index is 10.2. The van der Waals surface area contributed by atoms with Gasteiger partial charge in [-0.05, 0) is 24.6 Å². The minimum atomic E-state index is -0.0951. The van der Waals surface area contributed by atoms with Crippen LogP contribution in [0.1, 0.15) is 18.5 Å². The minimum Gasteiger partial charge on any atom is -0.352 e. The minimum absolute atomic E-state index is 0.0951. The molecule has 2 nitrogen and oxygen atoms in total. The molecule has 0 radical (unpaired) electrons. The molecule has 0 saturated heterocycles. The Bertz CT molecular complexity index is 314. The third kappa shape index (κ3) is 2.61. The number of rotatable bonds is 3. The molecule has 0 aliphatic heterocycles. The topological polar surface area (TPSA) is 29.1 Å². The van der Waals surface area contributed by atoms with Crippen molar-refractivity contribution in [2.45, 2.75) is 13.0 Å². The van der Waals surface area contributed by atoms with Crippen molar-refractivity contribution < 1.29 is 4.79 Å². The number of hydrogen-bond donors (Lipinski definition) is 1. The smallest absolute Gasteiger partial charge is 0.207 e. The lowest BCUT2D eigenvalue weighted by atomic mass is 10.1. The van der Waals surface area contributed by atoms with E-state index in [1.54, 1.807) is 18.2 Å². The molecular weight excluding hydrogens is 209 g/mol. The summed E-state index contributed by atoms with van der Waals surface area (Å²) in [6.45, 7) is 1.85. The van der Waals surface area contributed by atoms with Crippen LogP contribution in [0.5, 0.6) is 0 Å². The van der Waals surface area contributed by atoms with Crippen molar-refractivity contribution >= 4 is 29.6 Å². The number of halogens is 2. The Morgan fingerprint density at radius 2 is 2.15 bits per heavy atom. The molecule has 0 unspecified atom stereocenters. The summed E-state index contributed by atoms with van der Waals surface area (Å²) in [6, 6.07) is 5.10. The van der Waals surface area contributed by atoms with E-state index >= 15 is 0 Å². The van der Waals surface area contributed by atoms with Crippen LogP contribution in [0.15, 0.2) is 18.2 Å². The van der Waals surface area contributed by atoms with Gasteiger partial charge in [-0.1, -0.05) is 29.3 Å². The molecule has 1 amide bonds. The zero-order chi connectivity index (χ0) is 9.84. The van der Waals surface area contributed by atoms with Crippen LogP contribution in [-0.2, 0) is 4.79 Å². The van der Waals surface area contributed by atoms with E-state index in [0.717, 1.165) is 5.56 Å². The van der Waals surface area contributed by atoms with Gasteiger partial charge >= 0.3 is 0 Å². The van der Waals surface area contributed by atoms with Gasteiger partial charge in [0.25, 0.3) is 0 Å². The lowest BCUT2D eigenvalue weighted by Gasteiger charge is -2.12. The molecule has 0 spiro atoms. The van der Waals surface area contributed by atoms with E-state index in [-0.39, 0.29) is 6.04 Å². The SMILES string of the molecule is C[C@@H](NC=O)c1ccc(Cl)cc1Cl. The second-order valence-electron chi connectivity index (χ2n) is 2.67.